The molecule has 3 rings (SSSR count). The zero-order valence-corrected chi connectivity index (χ0v) is 10.6. The van der Waals surface area contributed by atoms with Crippen molar-refractivity contribution in [3.63, 3.8) is 0 Å². The Balaban J connectivity index is 1.65. The Hall–Kier alpha value is -2.43. The van der Waals surface area contributed by atoms with Crippen molar-refractivity contribution in [2.45, 2.75) is 13.5 Å². The topological polar surface area (TPSA) is 59.4 Å². The van der Waals surface area contributed by atoms with E-state index in [4.69, 9.17) is 4.74 Å². The summed E-state index contributed by atoms with van der Waals surface area (Å²) in [5.74, 6) is 2.38. The minimum absolute atomic E-state index is 0.402. The lowest BCUT2D eigenvalue weighted by Gasteiger charge is -2.16. The highest BCUT2D eigenvalue weighted by atomic mass is 16.5. The smallest absolute Gasteiger partial charge is 0.155 e. The van der Waals surface area contributed by atoms with E-state index in [2.05, 4.69) is 20.3 Å². The Morgan fingerprint density at radius 1 is 1.26 bits per heavy atom. The fourth-order valence-electron chi connectivity index (χ4n) is 1.87. The predicted molar refractivity (Wildman–Crippen MR) is 73.5 cm³/mol. The highest BCUT2D eigenvalue weighted by molar-refractivity contribution is 5.97. The Bertz CT molecular complexity index is 624. The molecule has 96 valence electrons. The first kappa shape index (κ1) is 11.6. The Morgan fingerprint density at radius 3 is 3.05 bits per heavy atom. The summed E-state index contributed by atoms with van der Waals surface area (Å²) in [6, 6.07) is 7.94. The molecular weight excluding hydrogens is 240 g/mol. The molecule has 2 heterocycles. The number of anilines is 1. The number of aliphatic imine (C=N–C) groups is 1. The number of aromatic nitrogens is 2. The van der Waals surface area contributed by atoms with Crippen LogP contribution >= 0.6 is 0 Å². The van der Waals surface area contributed by atoms with Crippen molar-refractivity contribution in [1.29, 1.82) is 0 Å². The lowest BCUT2D eigenvalue weighted by atomic mass is 10.2. The Morgan fingerprint density at radius 2 is 2.16 bits per heavy atom. The molecule has 1 aromatic heterocycles. The number of amidine groups is 1. The van der Waals surface area contributed by atoms with Crippen molar-refractivity contribution < 1.29 is 4.74 Å². The van der Waals surface area contributed by atoms with Crippen molar-refractivity contribution in [3.8, 4) is 5.75 Å². The lowest BCUT2D eigenvalue weighted by molar-refractivity contribution is 0.375. The van der Waals surface area contributed by atoms with Crippen molar-refractivity contribution in [2.24, 2.45) is 4.99 Å². The molecule has 0 bridgehead atoms. The monoisotopic (exact) mass is 254 g/mol. The minimum atomic E-state index is 0.402. The van der Waals surface area contributed by atoms with Gasteiger partial charge in [-0.25, -0.2) is 4.98 Å². The number of nitrogens with zero attached hydrogens (tertiary/aromatic N) is 3. The van der Waals surface area contributed by atoms with Gasteiger partial charge in [-0.2, -0.15) is 0 Å². The van der Waals surface area contributed by atoms with E-state index in [0.717, 1.165) is 23.1 Å². The van der Waals surface area contributed by atoms with Crippen LogP contribution in [0.1, 0.15) is 11.3 Å². The molecule has 0 aliphatic carbocycles. The summed E-state index contributed by atoms with van der Waals surface area (Å²) in [7, 11) is 0. The van der Waals surface area contributed by atoms with Gasteiger partial charge in [0, 0.05) is 12.4 Å². The maximum absolute atomic E-state index is 5.70. The van der Waals surface area contributed by atoms with Crippen molar-refractivity contribution in [1.82, 2.24) is 9.97 Å². The van der Waals surface area contributed by atoms with Gasteiger partial charge >= 0.3 is 0 Å². The van der Waals surface area contributed by atoms with Crippen molar-refractivity contribution in [3.05, 3.63) is 47.9 Å². The molecule has 19 heavy (non-hydrogen) atoms. The van der Waals surface area contributed by atoms with Crippen LogP contribution in [0.5, 0.6) is 5.75 Å². The predicted octanol–water partition coefficient (Wildman–Crippen LogP) is 2.19. The zero-order chi connectivity index (χ0) is 13.1. The molecule has 0 saturated carbocycles. The van der Waals surface area contributed by atoms with Crippen molar-refractivity contribution >= 4 is 11.7 Å². The number of hydrogen-bond donors (Lipinski definition) is 1. The molecule has 1 aliphatic rings. The molecular formula is C14H14N4O. The number of rotatable bonds is 3. The largest absolute Gasteiger partial charge is 0.486 e. The first-order valence-corrected chi connectivity index (χ1v) is 6.11. The van der Waals surface area contributed by atoms with Gasteiger partial charge in [0.25, 0.3) is 0 Å². The van der Waals surface area contributed by atoms with E-state index in [-0.39, 0.29) is 0 Å². The van der Waals surface area contributed by atoms with E-state index in [1.807, 2.05) is 31.2 Å². The first-order chi connectivity index (χ1) is 9.31. The summed E-state index contributed by atoms with van der Waals surface area (Å²) in [4.78, 5) is 12.8. The van der Waals surface area contributed by atoms with Crippen molar-refractivity contribution in [2.75, 3.05) is 11.9 Å². The maximum Gasteiger partial charge on any atom is 0.155 e. The average molecular weight is 254 g/mol. The molecule has 0 amide bonds. The lowest BCUT2D eigenvalue weighted by Crippen LogP contribution is -2.25. The van der Waals surface area contributed by atoms with Gasteiger partial charge in [-0.05, 0) is 24.6 Å². The summed E-state index contributed by atoms with van der Waals surface area (Å²) in [5.41, 5.74) is 2.04. The van der Waals surface area contributed by atoms with Crippen LogP contribution in [0, 0.1) is 6.92 Å². The molecule has 5 nitrogen and oxygen atoms in total. The van der Waals surface area contributed by atoms with Gasteiger partial charge in [0.05, 0.1) is 6.54 Å². The molecule has 1 aromatic carbocycles. The van der Waals surface area contributed by atoms with Crippen LogP contribution < -0.4 is 10.1 Å². The fraction of sp³-hybridized carbons (Fsp3) is 0.214. The normalized spacial score (nSPS) is 13.2. The van der Waals surface area contributed by atoms with Gasteiger partial charge < -0.3 is 10.1 Å². The molecule has 0 radical (unpaired) electrons. The second kappa shape index (κ2) is 5.06. The highest BCUT2D eigenvalue weighted by Crippen LogP contribution is 2.16. The van der Waals surface area contributed by atoms with Crippen LogP contribution in [-0.2, 0) is 6.54 Å². The van der Waals surface area contributed by atoms with Crippen LogP contribution in [0.2, 0.25) is 0 Å². The van der Waals surface area contributed by atoms with E-state index in [0.29, 0.717) is 13.2 Å². The van der Waals surface area contributed by atoms with Crippen LogP contribution in [-0.4, -0.2) is 22.4 Å². The van der Waals surface area contributed by atoms with Crippen LogP contribution in [0.4, 0.5) is 5.82 Å². The van der Waals surface area contributed by atoms with Gasteiger partial charge in [0.15, 0.2) is 5.82 Å². The molecule has 0 spiro atoms. The first-order valence-electron chi connectivity index (χ1n) is 6.11. The molecule has 5 heteroatoms. The average Bonchev–Trinajstić information content (AvgIpc) is 2.45. The molecule has 2 aromatic rings. The third-order valence-electron chi connectivity index (χ3n) is 2.82. The molecule has 0 atom stereocenters. The number of aryl methyl sites for hydroxylation is 1. The van der Waals surface area contributed by atoms with Crippen LogP contribution in [0.15, 0.2) is 41.7 Å². The molecule has 0 saturated heterocycles. The minimum Gasteiger partial charge on any atom is -0.486 e. The summed E-state index contributed by atoms with van der Waals surface area (Å²) in [6.45, 7) is 2.98. The van der Waals surface area contributed by atoms with Crippen LogP contribution in [0.3, 0.4) is 0 Å². The summed E-state index contributed by atoms with van der Waals surface area (Å²) < 4.78 is 5.70. The second-order valence-corrected chi connectivity index (χ2v) is 4.34. The second-order valence-electron chi connectivity index (χ2n) is 4.34. The van der Waals surface area contributed by atoms with E-state index in [9.17, 15) is 0 Å². The number of hydrogen-bond acceptors (Lipinski definition) is 5. The zero-order valence-electron chi connectivity index (χ0n) is 10.6. The van der Waals surface area contributed by atoms with E-state index in [1.165, 1.54) is 5.56 Å². The number of nitrogens with one attached hydrogen (secondary N) is 1. The van der Waals surface area contributed by atoms with Gasteiger partial charge in [-0.15, -0.1) is 0 Å². The SMILES string of the molecule is Cc1cccc(OCC2=NCc3nccnc3N2)c1. The van der Waals surface area contributed by atoms with E-state index in [1.54, 1.807) is 12.4 Å². The molecule has 0 unspecified atom stereocenters. The number of fused-ring (bicyclic) bond motifs is 1. The van der Waals surface area contributed by atoms with Crippen LogP contribution in [0.25, 0.3) is 0 Å². The standard InChI is InChI=1S/C14H14N4O/c1-10-3-2-4-11(7-10)19-9-13-17-8-12-14(18-13)16-6-5-15-12/h2-7H,8-9H2,1H3,(H,16,17,18). The number of benzene rings is 1. The van der Waals surface area contributed by atoms with Gasteiger partial charge in [-0.1, -0.05) is 12.1 Å². The van der Waals surface area contributed by atoms with Gasteiger partial charge in [-0.3, -0.25) is 9.98 Å². The summed E-state index contributed by atoms with van der Waals surface area (Å²) >= 11 is 0. The Kier molecular flexibility index (Phi) is 3.10. The van der Waals surface area contributed by atoms with Gasteiger partial charge in [0.1, 0.15) is 23.9 Å². The maximum atomic E-state index is 5.70. The third-order valence-corrected chi connectivity index (χ3v) is 2.82. The Labute approximate surface area is 111 Å². The fourth-order valence-corrected chi connectivity index (χ4v) is 1.87. The van der Waals surface area contributed by atoms with Gasteiger partial charge in [0.2, 0.25) is 0 Å². The third kappa shape index (κ3) is 2.70. The molecule has 1 aliphatic heterocycles. The molecule has 1 N–H and O–H groups in total. The number of ether oxygens (including phenoxy) is 1. The highest BCUT2D eigenvalue weighted by Gasteiger charge is 2.13. The quantitative estimate of drug-likeness (QED) is 0.912. The summed E-state index contributed by atoms with van der Waals surface area (Å²) in [6.07, 6.45) is 3.33. The summed E-state index contributed by atoms with van der Waals surface area (Å²) in [5, 5.41) is 3.13. The van der Waals surface area contributed by atoms with E-state index >= 15 is 0 Å². The van der Waals surface area contributed by atoms with E-state index < -0.39 is 0 Å². The molecule has 0 fully saturated rings.